The molecule has 0 aliphatic heterocycles. The van der Waals surface area contributed by atoms with Crippen LogP contribution in [0, 0.1) is 11.8 Å². The normalized spacial score (nSPS) is 15.0. The van der Waals surface area contributed by atoms with Crippen LogP contribution in [-0.4, -0.2) is 73.3 Å². The Morgan fingerprint density at radius 2 is 1.27 bits per heavy atom. The molecule has 0 fully saturated rings. The van der Waals surface area contributed by atoms with Crippen molar-refractivity contribution < 1.29 is 29.5 Å². The molecule has 0 spiro atoms. The van der Waals surface area contributed by atoms with E-state index < -0.39 is 6.10 Å². The second-order valence-electron chi connectivity index (χ2n) is 6.44. The van der Waals surface area contributed by atoms with Crippen molar-refractivity contribution >= 4 is 0 Å². The average Bonchev–Trinajstić information content (AvgIpc) is 2.47. The van der Waals surface area contributed by atoms with Gasteiger partial charge in [0.25, 0.3) is 0 Å². The number of ether oxygens (including phenoxy) is 3. The van der Waals surface area contributed by atoms with E-state index in [0.29, 0.717) is 25.0 Å². The highest BCUT2D eigenvalue weighted by Gasteiger charge is 2.19. The first-order valence-electron chi connectivity index (χ1n) is 8.10. The van der Waals surface area contributed by atoms with Crippen LogP contribution in [0.2, 0.25) is 0 Å². The molecule has 0 radical (unpaired) electrons. The Morgan fingerprint density at radius 3 is 1.73 bits per heavy atom. The molecule has 0 aromatic heterocycles. The Labute approximate surface area is 134 Å². The molecule has 0 aliphatic rings. The summed E-state index contributed by atoms with van der Waals surface area (Å²) in [5, 5.41) is 27.6. The van der Waals surface area contributed by atoms with Gasteiger partial charge in [0.2, 0.25) is 0 Å². The highest BCUT2D eigenvalue weighted by molar-refractivity contribution is 4.65. The van der Waals surface area contributed by atoms with Gasteiger partial charge in [0.1, 0.15) is 12.2 Å². The van der Waals surface area contributed by atoms with E-state index in [2.05, 4.69) is 27.7 Å². The first-order chi connectivity index (χ1) is 10.4. The summed E-state index contributed by atoms with van der Waals surface area (Å²) in [4.78, 5) is 0. The van der Waals surface area contributed by atoms with Gasteiger partial charge in [-0.15, -0.1) is 0 Å². The van der Waals surface area contributed by atoms with Gasteiger partial charge in [0.05, 0.1) is 39.1 Å². The molecular formula is C16H34O6. The maximum atomic E-state index is 9.33. The molecule has 0 aromatic rings. The van der Waals surface area contributed by atoms with E-state index in [1.54, 1.807) is 0 Å². The molecule has 0 aliphatic carbocycles. The lowest BCUT2D eigenvalue weighted by atomic mass is 10.1. The number of rotatable bonds is 14. The Bertz CT molecular complexity index is 243. The maximum absolute atomic E-state index is 9.33. The summed E-state index contributed by atoms with van der Waals surface area (Å²) in [7, 11) is 0. The second-order valence-corrected chi connectivity index (χ2v) is 6.44. The van der Waals surface area contributed by atoms with E-state index >= 15 is 0 Å². The predicted octanol–water partition coefficient (Wildman–Crippen LogP) is 0.821. The molecule has 6 heteroatoms. The summed E-state index contributed by atoms with van der Waals surface area (Å²) in [5.41, 5.74) is 0. The standard InChI is InChI=1S/C16H34O6/c1-12(2)5-14(6-17)21-11-16(10-20-9-13(3)4)22-15(7-18)8-19/h12-19H,5-11H2,1-4H3. The molecule has 0 bridgehead atoms. The second kappa shape index (κ2) is 13.2. The molecular weight excluding hydrogens is 288 g/mol. The first-order valence-corrected chi connectivity index (χ1v) is 8.10. The summed E-state index contributed by atoms with van der Waals surface area (Å²) in [6.45, 7) is 8.89. The molecule has 3 N–H and O–H groups in total. The average molecular weight is 322 g/mol. The lowest BCUT2D eigenvalue weighted by Gasteiger charge is -2.25. The van der Waals surface area contributed by atoms with Crippen LogP contribution in [0.3, 0.4) is 0 Å². The van der Waals surface area contributed by atoms with Gasteiger partial charge >= 0.3 is 0 Å². The quantitative estimate of drug-likeness (QED) is 0.439. The van der Waals surface area contributed by atoms with E-state index in [4.69, 9.17) is 24.4 Å². The van der Waals surface area contributed by atoms with Crippen LogP contribution < -0.4 is 0 Å². The first kappa shape index (κ1) is 21.8. The van der Waals surface area contributed by atoms with Crippen LogP contribution in [0.15, 0.2) is 0 Å². The third kappa shape index (κ3) is 11.3. The van der Waals surface area contributed by atoms with Gasteiger partial charge in [-0.05, 0) is 18.3 Å². The Balaban J connectivity index is 4.35. The van der Waals surface area contributed by atoms with Gasteiger partial charge in [-0.25, -0.2) is 0 Å². The SMILES string of the molecule is CC(C)COCC(COC(CO)CC(C)C)OC(CO)CO. The molecule has 0 rings (SSSR count). The van der Waals surface area contributed by atoms with E-state index in [1.807, 2.05) is 0 Å². The molecule has 0 heterocycles. The zero-order valence-corrected chi connectivity index (χ0v) is 14.4. The van der Waals surface area contributed by atoms with E-state index in [9.17, 15) is 5.11 Å². The zero-order valence-electron chi connectivity index (χ0n) is 14.4. The Hall–Kier alpha value is -0.240. The minimum Gasteiger partial charge on any atom is -0.394 e. The predicted molar refractivity (Wildman–Crippen MR) is 84.8 cm³/mol. The maximum Gasteiger partial charge on any atom is 0.105 e. The minimum atomic E-state index is -0.645. The lowest BCUT2D eigenvalue weighted by molar-refractivity contribution is -0.131. The molecule has 0 aromatic carbocycles. The van der Waals surface area contributed by atoms with Crippen molar-refractivity contribution in [3.63, 3.8) is 0 Å². The van der Waals surface area contributed by atoms with Gasteiger partial charge < -0.3 is 29.5 Å². The Kier molecular flexibility index (Phi) is 13.1. The molecule has 134 valence electrons. The number of aliphatic hydroxyl groups excluding tert-OH is 3. The summed E-state index contributed by atoms with van der Waals surface area (Å²) >= 11 is 0. The van der Waals surface area contributed by atoms with Gasteiger partial charge in [0, 0.05) is 6.61 Å². The smallest absolute Gasteiger partial charge is 0.105 e. The van der Waals surface area contributed by atoms with Crippen molar-refractivity contribution in [3.8, 4) is 0 Å². The molecule has 0 saturated heterocycles. The molecule has 22 heavy (non-hydrogen) atoms. The van der Waals surface area contributed by atoms with Crippen molar-refractivity contribution in [2.75, 3.05) is 39.6 Å². The zero-order chi connectivity index (χ0) is 17.0. The van der Waals surface area contributed by atoms with Crippen LogP contribution in [0.1, 0.15) is 34.1 Å². The minimum absolute atomic E-state index is 0.0405. The molecule has 2 unspecified atom stereocenters. The van der Waals surface area contributed by atoms with Crippen molar-refractivity contribution in [2.45, 2.75) is 52.4 Å². The third-order valence-corrected chi connectivity index (χ3v) is 3.00. The van der Waals surface area contributed by atoms with Gasteiger partial charge in [-0.1, -0.05) is 27.7 Å². The molecule has 6 nitrogen and oxygen atoms in total. The largest absolute Gasteiger partial charge is 0.394 e. The van der Waals surface area contributed by atoms with Gasteiger partial charge in [-0.3, -0.25) is 0 Å². The third-order valence-electron chi connectivity index (χ3n) is 3.00. The molecule has 0 amide bonds. The summed E-state index contributed by atoms with van der Waals surface area (Å²) < 4.78 is 16.9. The monoisotopic (exact) mass is 322 g/mol. The lowest BCUT2D eigenvalue weighted by Crippen LogP contribution is -2.36. The fraction of sp³-hybridized carbons (Fsp3) is 1.00. The van der Waals surface area contributed by atoms with Crippen LogP contribution in [0.25, 0.3) is 0 Å². The fourth-order valence-corrected chi connectivity index (χ4v) is 1.94. The van der Waals surface area contributed by atoms with Crippen molar-refractivity contribution in [1.82, 2.24) is 0 Å². The fourth-order valence-electron chi connectivity index (χ4n) is 1.94. The van der Waals surface area contributed by atoms with Crippen molar-refractivity contribution in [3.05, 3.63) is 0 Å². The summed E-state index contributed by atoms with van der Waals surface area (Å²) in [6.07, 6.45) is -0.504. The van der Waals surface area contributed by atoms with Gasteiger partial charge in [0.15, 0.2) is 0 Å². The van der Waals surface area contributed by atoms with E-state index in [-0.39, 0.29) is 38.6 Å². The summed E-state index contributed by atoms with van der Waals surface area (Å²) in [6, 6.07) is 0. The van der Waals surface area contributed by atoms with Crippen LogP contribution >= 0.6 is 0 Å². The van der Waals surface area contributed by atoms with Gasteiger partial charge in [-0.2, -0.15) is 0 Å². The van der Waals surface area contributed by atoms with Crippen molar-refractivity contribution in [2.24, 2.45) is 11.8 Å². The number of aliphatic hydroxyl groups is 3. The molecule has 0 saturated carbocycles. The topological polar surface area (TPSA) is 88.4 Å². The van der Waals surface area contributed by atoms with E-state index in [1.165, 1.54) is 0 Å². The van der Waals surface area contributed by atoms with E-state index in [0.717, 1.165) is 6.42 Å². The van der Waals surface area contributed by atoms with Crippen LogP contribution in [0.5, 0.6) is 0 Å². The van der Waals surface area contributed by atoms with Crippen LogP contribution in [0.4, 0.5) is 0 Å². The Morgan fingerprint density at radius 1 is 0.682 bits per heavy atom. The van der Waals surface area contributed by atoms with Crippen molar-refractivity contribution in [1.29, 1.82) is 0 Å². The van der Waals surface area contributed by atoms with Crippen LogP contribution in [-0.2, 0) is 14.2 Å². The number of hydrogen-bond donors (Lipinski definition) is 3. The number of hydrogen-bond acceptors (Lipinski definition) is 6. The highest BCUT2D eigenvalue weighted by Crippen LogP contribution is 2.10. The highest BCUT2D eigenvalue weighted by atomic mass is 16.6. The molecule has 2 atom stereocenters. The summed E-state index contributed by atoms with van der Waals surface area (Å²) in [5.74, 6) is 0.843.